The molecule has 0 aliphatic carbocycles. The molecule has 0 fully saturated rings. The molecule has 0 spiro atoms. The van der Waals surface area contributed by atoms with Crippen LogP contribution in [-0.4, -0.2) is 50.1 Å². The van der Waals surface area contributed by atoms with Gasteiger partial charge in [0.1, 0.15) is 5.75 Å². The molecule has 1 heterocycles. The molecule has 0 aliphatic heterocycles. The third kappa shape index (κ3) is 4.94. The van der Waals surface area contributed by atoms with E-state index in [1.807, 2.05) is 32.3 Å². The van der Waals surface area contributed by atoms with Crippen molar-refractivity contribution in [2.45, 2.75) is 6.42 Å². The molecule has 0 saturated carbocycles. The molecule has 0 saturated heterocycles. The molecule has 28 heavy (non-hydrogen) atoms. The number of rotatable bonds is 7. The molecule has 0 unspecified atom stereocenters. The summed E-state index contributed by atoms with van der Waals surface area (Å²) in [6.07, 6.45) is 0.812. The number of carbonyl (C=O) groups is 1. The number of nitrogens with zero attached hydrogens (tertiary/aromatic N) is 3. The zero-order valence-electron chi connectivity index (χ0n) is 15.9. The lowest BCUT2D eigenvalue weighted by atomic mass is 10.2. The molecule has 0 bridgehead atoms. The van der Waals surface area contributed by atoms with Crippen molar-refractivity contribution in [1.29, 1.82) is 0 Å². The van der Waals surface area contributed by atoms with Gasteiger partial charge in [0.05, 0.1) is 17.3 Å². The molecule has 8 heteroatoms. The van der Waals surface area contributed by atoms with Gasteiger partial charge in [-0.3, -0.25) is 9.69 Å². The number of aromatic nitrogens is 1. The first-order chi connectivity index (χ1) is 13.4. The van der Waals surface area contributed by atoms with Crippen molar-refractivity contribution in [2.24, 2.45) is 0 Å². The van der Waals surface area contributed by atoms with Gasteiger partial charge in [0, 0.05) is 28.2 Å². The van der Waals surface area contributed by atoms with Crippen molar-refractivity contribution < 1.29 is 9.53 Å². The van der Waals surface area contributed by atoms with Crippen LogP contribution in [0.25, 0.3) is 10.2 Å². The molecule has 0 N–H and O–H groups in total. The maximum Gasteiger partial charge on any atom is 0.260 e. The molecule has 148 valence electrons. The Morgan fingerprint density at radius 1 is 1.11 bits per heavy atom. The largest absolute Gasteiger partial charge is 0.497 e. The van der Waals surface area contributed by atoms with E-state index in [-0.39, 0.29) is 5.91 Å². The number of carbonyl (C=O) groups excluding carboxylic acids is 1. The van der Waals surface area contributed by atoms with Gasteiger partial charge in [0.2, 0.25) is 0 Å². The summed E-state index contributed by atoms with van der Waals surface area (Å²) < 4.78 is 6.27. The van der Waals surface area contributed by atoms with E-state index in [9.17, 15) is 4.79 Å². The smallest absolute Gasteiger partial charge is 0.260 e. The molecule has 0 radical (unpaired) electrons. The Labute approximate surface area is 178 Å². The van der Waals surface area contributed by atoms with Gasteiger partial charge in [0.25, 0.3) is 5.91 Å². The van der Waals surface area contributed by atoms with Crippen LogP contribution in [0.5, 0.6) is 5.75 Å². The van der Waals surface area contributed by atoms with Crippen LogP contribution in [0.1, 0.15) is 16.8 Å². The molecule has 0 aliphatic rings. The van der Waals surface area contributed by atoms with Crippen LogP contribution in [0, 0.1) is 0 Å². The summed E-state index contributed by atoms with van der Waals surface area (Å²) in [4.78, 5) is 21.7. The number of benzene rings is 2. The highest BCUT2D eigenvalue weighted by Gasteiger charge is 2.22. The van der Waals surface area contributed by atoms with Crippen LogP contribution < -0.4 is 9.64 Å². The van der Waals surface area contributed by atoms with Crippen molar-refractivity contribution in [2.75, 3.05) is 39.2 Å². The number of hydrogen-bond acceptors (Lipinski definition) is 5. The van der Waals surface area contributed by atoms with Crippen molar-refractivity contribution in [3.63, 3.8) is 0 Å². The number of fused-ring (bicyclic) bond motifs is 1. The van der Waals surface area contributed by atoms with E-state index >= 15 is 0 Å². The predicted octanol–water partition coefficient (Wildman–Crippen LogP) is 5.21. The van der Waals surface area contributed by atoms with Gasteiger partial charge in [-0.2, -0.15) is 0 Å². The van der Waals surface area contributed by atoms with Gasteiger partial charge in [-0.05, 0) is 57.4 Å². The van der Waals surface area contributed by atoms with Crippen molar-refractivity contribution >= 4 is 55.8 Å². The normalized spacial score (nSPS) is 11.2. The summed E-state index contributed by atoms with van der Waals surface area (Å²) in [5.41, 5.74) is 1.24. The number of anilines is 1. The van der Waals surface area contributed by atoms with Gasteiger partial charge in [-0.25, -0.2) is 4.98 Å². The first-order valence-corrected chi connectivity index (χ1v) is 10.3. The van der Waals surface area contributed by atoms with E-state index in [0.29, 0.717) is 27.3 Å². The van der Waals surface area contributed by atoms with Crippen LogP contribution in [0.15, 0.2) is 36.4 Å². The summed E-state index contributed by atoms with van der Waals surface area (Å²) in [5, 5.41) is 1.50. The van der Waals surface area contributed by atoms with Crippen molar-refractivity contribution in [1.82, 2.24) is 9.88 Å². The third-order valence-electron chi connectivity index (χ3n) is 4.16. The van der Waals surface area contributed by atoms with Crippen LogP contribution >= 0.6 is 34.5 Å². The Morgan fingerprint density at radius 2 is 1.82 bits per heavy atom. The lowest BCUT2D eigenvalue weighted by molar-refractivity contribution is 0.0986. The van der Waals surface area contributed by atoms with E-state index < -0.39 is 0 Å². The number of halogens is 2. The third-order valence-corrected chi connectivity index (χ3v) is 5.65. The van der Waals surface area contributed by atoms with Crippen LogP contribution in [0.4, 0.5) is 5.13 Å². The van der Waals surface area contributed by atoms with Crippen molar-refractivity contribution in [3.8, 4) is 5.75 Å². The Bertz CT molecular complexity index is 970. The molecule has 3 rings (SSSR count). The predicted molar refractivity (Wildman–Crippen MR) is 117 cm³/mol. The first kappa shape index (κ1) is 20.9. The lowest BCUT2D eigenvalue weighted by Crippen LogP contribution is -2.33. The fraction of sp³-hybridized carbons (Fsp3) is 0.300. The highest BCUT2D eigenvalue weighted by atomic mass is 35.5. The summed E-state index contributed by atoms with van der Waals surface area (Å²) in [6, 6.07) is 10.6. The first-order valence-electron chi connectivity index (χ1n) is 8.74. The van der Waals surface area contributed by atoms with Gasteiger partial charge < -0.3 is 9.64 Å². The summed E-state index contributed by atoms with van der Waals surface area (Å²) in [7, 11) is 5.63. The number of hydrogen-bond donors (Lipinski definition) is 0. The summed E-state index contributed by atoms with van der Waals surface area (Å²) in [5.74, 6) is 0.561. The number of methoxy groups -OCH3 is 1. The topological polar surface area (TPSA) is 45.7 Å². The van der Waals surface area contributed by atoms with Crippen LogP contribution in [0.3, 0.4) is 0 Å². The fourth-order valence-corrected chi connectivity index (χ4v) is 4.30. The monoisotopic (exact) mass is 437 g/mol. The zero-order chi connectivity index (χ0) is 20.3. The van der Waals surface area contributed by atoms with Gasteiger partial charge in [0.15, 0.2) is 5.13 Å². The van der Waals surface area contributed by atoms with Gasteiger partial charge in [-0.15, -0.1) is 0 Å². The van der Waals surface area contributed by atoms with E-state index in [1.54, 1.807) is 30.2 Å². The second-order valence-electron chi connectivity index (χ2n) is 6.60. The zero-order valence-corrected chi connectivity index (χ0v) is 18.2. The molecule has 0 atom stereocenters. The minimum Gasteiger partial charge on any atom is -0.497 e. The minimum absolute atomic E-state index is 0.172. The molecule has 2 aromatic carbocycles. The van der Waals surface area contributed by atoms with E-state index in [1.165, 1.54) is 11.3 Å². The van der Waals surface area contributed by atoms with E-state index in [2.05, 4.69) is 9.88 Å². The van der Waals surface area contributed by atoms with Crippen molar-refractivity contribution in [3.05, 3.63) is 52.0 Å². The van der Waals surface area contributed by atoms with E-state index in [4.69, 9.17) is 27.9 Å². The Morgan fingerprint density at radius 3 is 2.46 bits per heavy atom. The second-order valence-corrected chi connectivity index (χ2v) is 8.48. The molecule has 1 aromatic heterocycles. The Balaban J connectivity index is 1.97. The Kier molecular flexibility index (Phi) is 6.78. The Hall–Kier alpha value is -1.86. The average molecular weight is 438 g/mol. The number of thiazole rings is 1. The number of ether oxygens (including phenoxy) is 1. The number of amides is 1. The van der Waals surface area contributed by atoms with Crippen LogP contribution in [0.2, 0.25) is 10.0 Å². The summed E-state index contributed by atoms with van der Waals surface area (Å²) in [6.45, 7) is 1.40. The highest BCUT2D eigenvalue weighted by Crippen LogP contribution is 2.32. The molecule has 3 aromatic rings. The maximum atomic E-state index is 13.3. The summed E-state index contributed by atoms with van der Waals surface area (Å²) >= 11 is 13.7. The molecular formula is C20H21Cl2N3O2S. The van der Waals surface area contributed by atoms with Gasteiger partial charge in [-0.1, -0.05) is 34.5 Å². The minimum atomic E-state index is -0.172. The second kappa shape index (κ2) is 9.09. The van der Waals surface area contributed by atoms with E-state index in [0.717, 1.165) is 28.9 Å². The molecule has 1 amide bonds. The molecule has 5 nitrogen and oxygen atoms in total. The van der Waals surface area contributed by atoms with Gasteiger partial charge >= 0.3 is 0 Å². The lowest BCUT2D eigenvalue weighted by Gasteiger charge is -2.21. The average Bonchev–Trinajstić information content (AvgIpc) is 3.06. The SMILES string of the molecule is COc1ccc2sc(N(CCCN(C)C)C(=O)c3cc(Cl)cc(Cl)c3)nc2c1. The molecular weight excluding hydrogens is 417 g/mol. The van der Waals surface area contributed by atoms with Crippen LogP contribution in [-0.2, 0) is 0 Å². The maximum absolute atomic E-state index is 13.3. The standard InChI is InChI=1S/C20H21Cl2N3O2S/c1-24(2)7-4-8-25(19(26)13-9-14(21)11-15(22)10-13)20-23-17-12-16(27-3)5-6-18(17)28-20/h5-6,9-12H,4,7-8H2,1-3H3. The highest BCUT2D eigenvalue weighted by molar-refractivity contribution is 7.22. The fourth-order valence-electron chi connectivity index (χ4n) is 2.80. The quantitative estimate of drug-likeness (QED) is 0.508.